The summed E-state index contributed by atoms with van der Waals surface area (Å²) in [5, 5.41) is 0. The lowest BCUT2D eigenvalue weighted by Crippen LogP contribution is -2.11. The molecule has 0 radical (unpaired) electrons. The highest BCUT2D eigenvalue weighted by Gasteiger charge is 2.06. The van der Waals surface area contributed by atoms with Crippen molar-refractivity contribution in [2.45, 2.75) is 0 Å². The minimum absolute atomic E-state index is 0.0218. The van der Waals surface area contributed by atoms with Gasteiger partial charge in [-0.2, -0.15) is 0 Å². The number of hydrogen-bond acceptors (Lipinski definition) is 3. The molecule has 0 N–H and O–H groups in total. The van der Waals surface area contributed by atoms with Crippen LogP contribution in [0.15, 0.2) is 53.0 Å². The highest BCUT2D eigenvalue weighted by Crippen LogP contribution is 2.17. The Balaban J connectivity index is 1.94. The van der Waals surface area contributed by atoms with Crippen molar-refractivity contribution in [3.8, 4) is 11.5 Å². The van der Waals surface area contributed by atoms with E-state index >= 15 is 0 Å². The van der Waals surface area contributed by atoms with Crippen molar-refractivity contribution in [3.63, 3.8) is 0 Å². The number of benzene rings is 2. The third kappa shape index (κ3) is 3.83. The lowest BCUT2D eigenvalue weighted by molar-refractivity contribution is 0.0921. The predicted molar refractivity (Wildman–Crippen MR) is 77.0 cm³/mol. The number of rotatable bonds is 5. The van der Waals surface area contributed by atoms with E-state index in [9.17, 15) is 4.79 Å². The highest BCUT2D eigenvalue weighted by molar-refractivity contribution is 9.10. The van der Waals surface area contributed by atoms with Gasteiger partial charge in [0.05, 0.1) is 7.11 Å². The zero-order valence-corrected chi connectivity index (χ0v) is 12.0. The van der Waals surface area contributed by atoms with Gasteiger partial charge in [-0.15, -0.1) is 0 Å². The first-order valence-electron chi connectivity index (χ1n) is 5.74. The number of carbonyl (C=O) groups is 1. The van der Waals surface area contributed by atoms with Gasteiger partial charge in [0, 0.05) is 10.0 Å². The van der Waals surface area contributed by atoms with Gasteiger partial charge in [0.25, 0.3) is 0 Å². The summed E-state index contributed by atoms with van der Waals surface area (Å²) in [6.45, 7) is 0.0218. The van der Waals surface area contributed by atoms with Crippen LogP contribution in [0.25, 0.3) is 0 Å². The van der Waals surface area contributed by atoms with Crippen molar-refractivity contribution in [1.82, 2.24) is 0 Å². The zero-order chi connectivity index (χ0) is 13.7. The fourth-order valence-corrected chi connectivity index (χ4v) is 1.80. The molecular weight excluding hydrogens is 308 g/mol. The highest BCUT2D eigenvalue weighted by atomic mass is 79.9. The predicted octanol–water partition coefficient (Wildman–Crippen LogP) is 3.72. The molecule has 4 heteroatoms. The molecular formula is C15H13BrO3. The second kappa shape index (κ2) is 6.38. The molecule has 0 aliphatic rings. The van der Waals surface area contributed by atoms with E-state index in [0.29, 0.717) is 11.3 Å². The largest absolute Gasteiger partial charge is 0.497 e. The van der Waals surface area contributed by atoms with E-state index in [1.165, 1.54) is 0 Å². The molecule has 0 saturated heterocycles. The van der Waals surface area contributed by atoms with Gasteiger partial charge in [-0.25, -0.2) is 0 Å². The van der Waals surface area contributed by atoms with E-state index in [2.05, 4.69) is 15.9 Å². The van der Waals surface area contributed by atoms with E-state index in [4.69, 9.17) is 9.47 Å². The first kappa shape index (κ1) is 13.6. The molecule has 3 nitrogen and oxygen atoms in total. The first-order valence-corrected chi connectivity index (χ1v) is 6.54. The lowest BCUT2D eigenvalue weighted by atomic mass is 10.1. The van der Waals surface area contributed by atoms with Crippen LogP contribution in [-0.2, 0) is 0 Å². The van der Waals surface area contributed by atoms with E-state index in [-0.39, 0.29) is 12.4 Å². The van der Waals surface area contributed by atoms with Crippen LogP contribution in [0, 0.1) is 0 Å². The van der Waals surface area contributed by atoms with Crippen LogP contribution in [0.5, 0.6) is 11.5 Å². The molecule has 0 aromatic heterocycles. The van der Waals surface area contributed by atoms with E-state index in [1.807, 2.05) is 12.1 Å². The van der Waals surface area contributed by atoms with Gasteiger partial charge in [0.1, 0.15) is 11.5 Å². The second-order valence-electron chi connectivity index (χ2n) is 3.89. The van der Waals surface area contributed by atoms with Crippen LogP contribution >= 0.6 is 15.9 Å². The van der Waals surface area contributed by atoms with Crippen molar-refractivity contribution in [1.29, 1.82) is 0 Å². The van der Waals surface area contributed by atoms with Crippen LogP contribution in [0.2, 0.25) is 0 Å². The monoisotopic (exact) mass is 320 g/mol. The van der Waals surface area contributed by atoms with Gasteiger partial charge in [-0.3, -0.25) is 4.79 Å². The molecule has 0 amide bonds. The average molecular weight is 321 g/mol. The Kier molecular flexibility index (Phi) is 4.58. The fourth-order valence-electron chi connectivity index (χ4n) is 1.54. The molecule has 98 valence electrons. The summed E-state index contributed by atoms with van der Waals surface area (Å²) in [7, 11) is 1.60. The molecule has 0 aliphatic heterocycles. The van der Waals surface area contributed by atoms with Gasteiger partial charge in [0.2, 0.25) is 0 Å². The van der Waals surface area contributed by atoms with Crippen LogP contribution in [0.3, 0.4) is 0 Å². The molecule has 19 heavy (non-hydrogen) atoms. The van der Waals surface area contributed by atoms with Crippen LogP contribution in [0.1, 0.15) is 10.4 Å². The first-order chi connectivity index (χ1) is 9.19. The Morgan fingerprint density at radius 2 is 1.58 bits per heavy atom. The van der Waals surface area contributed by atoms with Crippen molar-refractivity contribution in [2.24, 2.45) is 0 Å². The van der Waals surface area contributed by atoms with Gasteiger partial charge < -0.3 is 9.47 Å². The third-order valence-electron chi connectivity index (χ3n) is 2.60. The summed E-state index contributed by atoms with van der Waals surface area (Å²) in [6.07, 6.45) is 0. The number of hydrogen-bond donors (Lipinski definition) is 0. The molecule has 2 aromatic carbocycles. The summed E-state index contributed by atoms with van der Waals surface area (Å²) < 4.78 is 11.4. The Bertz CT molecular complexity index is 547. The summed E-state index contributed by atoms with van der Waals surface area (Å²) in [6, 6.07) is 14.3. The SMILES string of the molecule is COc1ccc(OCC(=O)c2ccc(Br)cc2)cc1. The Labute approximate surface area is 120 Å². The molecule has 2 aromatic rings. The normalized spacial score (nSPS) is 10.0. The molecule has 0 heterocycles. The van der Waals surface area contributed by atoms with Gasteiger partial charge >= 0.3 is 0 Å². The maximum Gasteiger partial charge on any atom is 0.200 e. The summed E-state index contributed by atoms with van der Waals surface area (Å²) in [5.74, 6) is 1.35. The standard InChI is InChI=1S/C15H13BrO3/c1-18-13-6-8-14(9-7-13)19-10-15(17)11-2-4-12(16)5-3-11/h2-9H,10H2,1H3. The summed E-state index contributed by atoms with van der Waals surface area (Å²) in [4.78, 5) is 11.9. The van der Waals surface area contributed by atoms with Crippen LogP contribution in [0.4, 0.5) is 0 Å². The minimum atomic E-state index is -0.0525. The second-order valence-corrected chi connectivity index (χ2v) is 4.81. The van der Waals surface area contributed by atoms with E-state index in [0.717, 1.165) is 10.2 Å². The molecule has 0 fully saturated rings. The van der Waals surface area contributed by atoms with Crippen LogP contribution < -0.4 is 9.47 Å². The molecule has 0 bridgehead atoms. The number of carbonyl (C=O) groups excluding carboxylic acids is 1. The van der Waals surface area contributed by atoms with Gasteiger partial charge in [0.15, 0.2) is 12.4 Å². The zero-order valence-electron chi connectivity index (χ0n) is 10.4. The average Bonchev–Trinajstić information content (AvgIpc) is 2.46. The maximum atomic E-state index is 11.9. The summed E-state index contributed by atoms with van der Waals surface area (Å²) >= 11 is 3.33. The van der Waals surface area contributed by atoms with E-state index < -0.39 is 0 Å². The molecule has 0 spiro atoms. The Morgan fingerprint density at radius 1 is 1.00 bits per heavy atom. The van der Waals surface area contributed by atoms with Crippen molar-refractivity contribution in [2.75, 3.05) is 13.7 Å². The van der Waals surface area contributed by atoms with Crippen molar-refractivity contribution >= 4 is 21.7 Å². The number of methoxy groups -OCH3 is 1. The Hall–Kier alpha value is -1.81. The van der Waals surface area contributed by atoms with Crippen molar-refractivity contribution < 1.29 is 14.3 Å². The molecule has 0 unspecified atom stereocenters. The molecule has 0 aliphatic carbocycles. The Morgan fingerprint density at radius 3 is 2.16 bits per heavy atom. The van der Waals surface area contributed by atoms with Gasteiger partial charge in [-0.05, 0) is 36.4 Å². The topological polar surface area (TPSA) is 35.5 Å². The smallest absolute Gasteiger partial charge is 0.200 e. The number of ether oxygens (including phenoxy) is 2. The lowest BCUT2D eigenvalue weighted by Gasteiger charge is -2.06. The molecule has 0 atom stereocenters. The fraction of sp³-hybridized carbons (Fsp3) is 0.133. The minimum Gasteiger partial charge on any atom is -0.497 e. The molecule has 0 saturated carbocycles. The number of Topliss-reactive ketones (excluding diaryl/α,β-unsaturated/α-hetero) is 1. The van der Waals surface area contributed by atoms with Crippen molar-refractivity contribution in [3.05, 3.63) is 58.6 Å². The number of halogens is 1. The quantitative estimate of drug-likeness (QED) is 0.788. The number of ketones is 1. The van der Waals surface area contributed by atoms with Crippen LogP contribution in [-0.4, -0.2) is 19.5 Å². The maximum absolute atomic E-state index is 11.9. The third-order valence-corrected chi connectivity index (χ3v) is 3.12. The van der Waals surface area contributed by atoms with Gasteiger partial charge in [-0.1, -0.05) is 28.1 Å². The summed E-state index contributed by atoms with van der Waals surface area (Å²) in [5.41, 5.74) is 0.636. The molecule has 2 rings (SSSR count). The van der Waals surface area contributed by atoms with E-state index in [1.54, 1.807) is 43.5 Å².